The van der Waals surface area contributed by atoms with E-state index in [-0.39, 0.29) is 24.9 Å². The van der Waals surface area contributed by atoms with Crippen molar-refractivity contribution in [2.45, 2.75) is 44.7 Å². The van der Waals surface area contributed by atoms with Gasteiger partial charge >= 0.3 is 7.82 Å². The summed E-state index contributed by atoms with van der Waals surface area (Å²) >= 11 is 0. The molecule has 3 atom stereocenters. The number of nitrogens with two attached hydrogens (primary N) is 1. The molecule has 0 amide bonds. The van der Waals surface area contributed by atoms with Crippen molar-refractivity contribution in [3.63, 3.8) is 0 Å². The molecule has 13 heteroatoms. The lowest BCUT2D eigenvalue weighted by Crippen LogP contribution is -2.24. The number of hydrogen-bond acceptors (Lipinski definition) is 9. The zero-order valence-corrected chi connectivity index (χ0v) is 15.1. The lowest BCUT2D eigenvalue weighted by molar-refractivity contribution is -0.0471. The van der Waals surface area contributed by atoms with E-state index in [1.165, 1.54) is 6.33 Å². The first-order valence-corrected chi connectivity index (χ1v) is 9.47. The molecule has 3 heterocycles. The minimum Gasteiger partial charge on any atom is -0.388 e. The molecule has 2 aromatic rings. The first-order valence-electron chi connectivity index (χ1n) is 7.94. The molecule has 2 aromatic heterocycles. The van der Waals surface area contributed by atoms with Gasteiger partial charge in [-0.05, 0) is 13.8 Å². The molecular formula is C13H21N6O6P. The predicted molar refractivity (Wildman–Crippen MR) is 91.0 cm³/mol. The SMILES string of the molecule is CC(C)Nc1nc2c(N)ncnc2n1[C@@H]1O[C@H](COP(=O)(O)O)CC1O. The Hall–Kier alpha value is -1.82. The Morgan fingerprint density at radius 1 is 1.50 bits per heavy atom. The standard InChI is InChI=1S/C13H21N6O6P/c1-6(2)17-13-18-9-10(14)15-5-16-11(9)19(13)12-8(20)3-7(25-12)4-24-26(21,22)23/h5-8,12,20H,3-4H2,1-2H3,(H,17,18)(H2,14,15,16)(H2,21,22,23)/t7-,8?,12+/m0/s1. The molecular weight excluding hydrogens is 367 g/mol. The number of aromatic nitrogens is 4. The highest BCUT2D eigenvalue weighted by Crippen LogP contribution is 2.39. The van der Waals surface area contributed by atoms with E-state index in [9.17, 15) is 9.67 Å². The third-order valence-corrected chi connectivity index (χ3v) is 4.26. The van der Waals surface area contributed by atoms with Gasteiger partial charge in [-0.3, -0.25) is 9.09 Å². The fourth-order valence-electron chi connectivity index (χ4n) is 2.78. The number of nitrogen functional groups attached to an aromatic ring is 1. The summed E-state index contributed by atoms with van der Waals surface area (Å²) in [5.74, 6) is 0.581. The van der Waals surface area contributed by atoms with Crippen molar-refractivity contribution >= 4 is 30.8 Å². The fourth-order valence-corrected chi connectivity index (χ4v) is 3.14. The minimum absolute atomic E-state index is 0.0343. The first kappa shape index (κ1) is 19.0. The second-order valence-corrected chi connectivity index (χ2v) is 7.51. The van der Waals surface area contributed by atoms with E-state index in [4.69, 9.17) is 20.3 Å². The predicted octanol–water partition coefficient (Wildman–Crippen LogP) is -0.0135. The van der Waals surface area contributed by atoms with Crippen LogP contribution in [0.25, 0.3) is 11.2 Å². The third-order valence-electron chi connectivity index (χ3n) is 3.77. The summed E-state index contributed by atoms with van der Waals surface area (Å²) in [4.78, 5) is 30.1. The van der Waals surface area contributed by atoms with Crippen molar-refractivity contribution in [2.24, 2.45) is 0 Å². The van der Waals surface area contributed by atoms with Crippen LogP contribution in [0.1, 0.15) is 26.5 Å². The van der Waals surface area contributed by atoms with Crippen molar-refractivity contribution in [2.75, 3.05) is 17.7 Å². The van der Waals surface area contributed by atoms with E-state index in [0.29, 0.717) is 17.1 Å². The van der Waals surface area contributed by atoms with Crippen LogP contribution in [0.2, 0.25) is 0 Å². The quantitative estimate of drug-likeness (QED) is 0.420. The van der Waals surface area contributed by atoms with E-state index in [0.717, 1.165) is 0 Å². The van der Waals surface area contributed by atoms with Gasteiger partial charge in [-0.15, -0.1) is 0 Å². The molecule has 0 radical (unpaired) electrons. The highest BCUT2D eigenvalue weighted by molar-refractivity contribution is 7.46. The summed E-state index contributed by atoms with van der Waals surface area (Å²) in [7, 11) is -4.62. The zero-order chi connectivity index (χ0) is 19.1. The van der Waals surface area contributed by atoms with E-state index >= 15 is 0 Å². The summed E-state index contributed by atoms with van der Waals surface area (Å²) in [6.45, 7) is 3.48. The lowest BCUT2D eigenvalue weighted by atomic mass is 10.2. The Morgan fingerprint density at radius 3 is 2.88 bits per heavy atom. The van der Waals surface area contributed by atoms with Crippen LogP contribution in [-0.2, 0) is 13.8 Å². The Kier molecular flexibility index (Phi) is 5.15. The monoisotopic (exact) mass is 388 g/mol. The summed E-state index contributed by atoms with van der Waals surface area (Å²) in [5.41, 5.74) is 6.60. The molecule has 1 saturated heterocycles. The average Bonchev–Trinajstić information content (AvgIpc) is 3.05. The molecule has 3 rings (SSSR count). The Morgan fingerprint density at radius 2 is 2.23 bits per heavy atom. The minimum atomic E-state index is -4.62. The van der Waals surface area contributed by atoms with E-state index in [1.54, 1.807) is 4.57 Å². The highest BCUT2D eigenvalue weighted by Gasteiger charge is 2.39. The Labute approximate surface area is 148 Å². The molecule has 0 aromatic carbocycles. The molecule has 0 aliphatic carbocycles. The average molecular weight is 388 g/mol. The molecule has 1 fully saturated rings. The van der Waals surface area contributed by atoms with Crippen molar-refractivity contribution in [1.29, 1.82) is 0 Å². The van der Waals surface area contributed by atoms with Crippen molar-refractivity contribution < 1.29 is 28.7 Å². The van der Waals surface area contributed by atoms with Crippen molar-refractivity contribution in [1.82, 2.24) is 19.5 Å². The van der Waals surface area contributed by atoms with Crippen LogP contribution in [0.4, 0.5) is 11.8 Å². The van der Waals surface area contributed by atoms with Gasteiger partial charge in [0.15, 0.2) is 23.2 Å². The van der Waals surface area contributed by atoms with Crippen LogP contribution < -0.4 is 11.1 Å². The van der Waals surface area contributed by atoms with Gasteiger partial charge in [0.05, 0.1) is 12.7 Å². The maximum Gasteiger partial charge on any atom is 0.469 e. The lowest BCUT2D eigenvalue weighted by Gasteiger charge is -2.20. The Bertz CT molecular complexity index is 838. The summed E-state index contributed by atoms with van der Waals surface area (Å²) in [6.07, 6.45) is -1.12. The molecule has 0 bridgehead atoms. The number of ether oxygens (including phenoxy) is 1. The molecule has 1 aliphatic rings. The van der Waals surface area contributed by atoms with Gasteiger partial charge in [0, 0.05) is 12.5 Å². The molecule has 1 unspecified atom stereocenters. The van der Waals surface area contributed by atoms with Crippen LogP contribution >= 0.6 is 7.82 Å². The number of nitrogens with zero attached hydrogens (tertiary/aromatic N) is 4. The number of fused-ring (bicyclic) bond motifs is 1. The third kappa shape index (κ3) is 3.95. The number of aliphatic hydroxyl groups is 1. The highest BCUT2D eigenvalue weighted by atomic mass is 31.2. The summed E-state index contributed by atoms with van der Waals surface area (Å²) in [5, 5.41) is 13.6. The largest absolute Gasteiger partial charge is 0.469 e. The normalized spacial score (nSPS) is 23.8. The van der Waals surface area contributed by atoms with Gasteiger partial charge in [0.25, 0.3) is 0 Å². The number of phosphoric ester groups is 1. The van der Waals surface area contributed by atoms with Gasteiger partial charge < -0.3 is 30.7 Å². The fraction of sp³-hybridized carbons (Fsp3) is 0.615. The second-order valence-electron chi connectivity index (χ2n) is 6.27. The molecule has 12 nitrogen and oxygen atoms in total. The number of hydrogen-bond donors (Lipinski definition) is 5. The molecule has 0 saturated carbocycles. The second kappa shape index (κ2) is 7.06. The molecule has 6 N–H and O–H groups in total. The topological polar surface area (TPSA) is 178 Å². The number of anilines is 2. The van der Waals surface area contributed by atoms with Crippen LogP contribution in [0.15, 0.2) is 6.33 Å². The number of rotatable bonds is 6. The van der Waals surface area contributed by atoms with E-state index < -0.39 is 26.3 Å². The summed E-state index contributed by atoms with van der Waals surface area (Å²) < 4.78 is 22.7. The number of nitrogens with one attached hydrogen (secondary N) is 1. The van der Waals surface area contributed by atoms with Crippen molar-refractivity contribution in [3.05, 3.63) is 6.33 Å². The molecule has 144 valence electrons. The Balaban J connectivity index is 1.93. The smallest absolute Gasteiger partial charge is 0.388 e. The maximum absolute atomic E-state index is 10.9. The number of phosphoric acid groups is 1. The molecule has 26 heavy (non-hydrogen) atoms. The van der Waals surface area contributed by atoms with Gasteiger partial charge in [-0.1, -0.05) is 0 Å². The maximum atomic E-state index is 10.9. The molecule has 0 spiro atoms. The van der Waals surface area contributed by atoms with E-state index in [1.807, 2.05) is 13.8 Å². The van der Waals surface area contributed by atoms with Crippen LogP contribution in [0.3, 0.4) is 0 Å². The van der Waals surface area contributed by atoms with Crippen LogP contribution in [0, 0.1) is 0 Å². The number of aliphatic hydroxyl groups excluding tert-OH is 1. The molecule has 1 aliphatic heterocycles. The van der Waals surface area contributed by atoms with Gasteiger partial charge in [0.2, 0.25) is 5.95 Å². The first-order chi connectivity index (χ1) is 12.2. The van der Waals surface area contributed by atoms with Gasteiger partial charge in [-0.25, -0.2) is 19.5 Å². The van der Waals surface area contributed by atoms with Gasteiger partial charge in [0.1, 0.15) is 12.4 Å². The van der Waals surface area contributed by atoms with Gasteiger partial charge in [-0.2, -0.15) is 0 Å². The zero-order valence-electron chi connectivity index (χ0n) is 14.2. The van der Waals surface area contributed by atoms with Crippen molar-refractivity contribution in [3.8, 4) is 0 Å². The number of imidazole rings is 1. The van der Waals surface area contributed by atoms with E-state index in [2.05, 4.69) is 24.8 Å². The van der Waals surface area contributed by atoms with Crippen LogP contribution in [0.5, 0.6) is 0 Å². The van der Waals surface area contributed by atoms with Crippen LogP contribution in [-0.4, -0.2) is 59.3 Å². The summed E-state index contributed by atoms with van der Waals surface area (Å²) in [6, 6.07) is 0.0343.